The summed E-state index contributed by atoms with van der Waals surface area (Å²) in [5.41, 5.74) is 11.2. The van der Waals surface area contributed by atoms with Crippen molar-refractivity contribution in [3.05, 3.63) is 84.2 Å². The summed E-state index contributed by atoms with van der Waals surface area (Å²) in [6, 6.07) is 13.3. The number of halogens is 2. The fraction of sp³-hybridized carbons (Fsp3) is 0.161. The first-order chi connectivity index (χ1) is 21.0. The van der Waals surface area contributed by atoms with Crippen LogP contribution in [-0.2, 0) is 4.79 Å². The van der Waals surface area contributed by atoms with Gasteiger partial charge in [0.05, 0.1) is 16.8 Å². The van der Waals surface area contributed by atoms with Crippen LogP contribution in [0.4, 0.5) is 37.3 Å². The van der Waals surface area contributed by atoms with Crippen LogP contribution in [0.15, 0.2) is 71.5 Å². The van der Waals surface area contributed by atoms with Crippen molar-refractivity contribution in [1.29, 1.82) is 5.41 Å². The Morgan fingerprint density at radius 1 is 1.02 bits per heavy atom. The van der Waals surface area contributed by atoms with Crippen molar-refractivity contribution in [2.45, 2.75) is 6.42 Å². The number of hydrogen-bond acceptors (Lipinski definition) is 10. The quantitative estimate of drug-likeness (QED) is 0.102. The summed E-state index contributed by atoms with van der Waals surface area (Å²) in [6.45, 7) is 1.42. The highest BCUT2D eigenvalue weighted by Crippen LogP contribution is 2.39. The normalized spacial score (nSPS) is 11.2. The zero-order valence-electron chi connectivity index (χ0n) is 23.9. The summed E-state index contributed by atoms with van der Waals surface area (Å²) in [6.07, 6.45) is 4.11. The first-order valence-corrected chi connectivity index (χ1v) is 13.5. The predicted molar refractivity (Wildman–Crippen MR) is 166 cm³/mol. The molecule has 0 fully saturated rings. The number of carbonyl (C=O) groups excluding carboxylic acids is 1. The monoisotopic (exact) mass is 600 g/mol. The molecule has 11 nitrogen and oxygen atoms in total. The molecule has 2 aromatic heterocycles. The number of phenols is 1. The number of nitrogens with zero attached hydrogens (tertiary/aromatic N) is 4. The number of rotatable bonds is 11. The zero-order chi connectivity index (χ0) is 31.5. The van der Waals surface area contributed by atoms with E-state index in [4.69, 9.17) is 21.4 Å². The number of benzene rings is 3. The van der Waals surface area contributed by atoms with Crippen molar-refractivity contribution < 1.29 is 23.2 Å². The molecule has 5 aromatic rings. The van der Waals surface area contributed by atoms with Crippen molar-refractivity contribution in [2.75, 3.05) is 43.1 Å². The van der Waals surface area contributed by atoms with Gasteiger partial charge >= 0.3 is 0 Å². The Bertz CT molecular complexity index is 1860. The van der Waals surface area contributed by atoms with E-state index < -0.39 is 23.3 Å². The molecule has 0 aliphatic carbocycles. The number of hydrogen-bond donors (Lipinski definition) is 5. The highest BCUT2D eigenvalue weighted by atomic mass is 19.1. The van der Waals surface area contributed by atoms with E-state index in [0.29, 0.717) is 17.6 Å². The number of amides is 1. The largest absolute Gasteiger partial charge is 0.506 e. The number of carbonyl (C=O) groups is 1. The summed E-state index contributed by atoms with van der Waals surface area (Å²) in [5.74, 6) is -3.10. The average Bonchev–Trinajstić information content (AvgIpc) is 3.35. The van der Waals surface area contributed by atoms with Crippen LogP contribution in [0, 0.1) is 17.0 Å². The van der Waals surface area contributed by atoms with Gasteiger partial charge in [0.25, 0.3) is 5.91 Å². The number of nitrogens with one attached hydrogen (secondary N) is 2. The zero-order valence-corrected chi connectivity index (χ0v) is 23.9. The van der Waals surface area contributed by atoms with Gasteiger partial charge in [0.2, 0.25) is 0 Å². The maximum atomic E-state index is 16.3. The van der Waals surface area contributed by atoms with Crippen LogP contribution >= 0.6 is 0 Å². The van der Waals surface area contributed by atoms with E-state index in [0.717, 1.165) is 18.7 Å². The first kappa shape index (κ1) is 29.9. The van der Waals surface area contributed by atoms with Gasteiger partial charge in [-0.15, -0.1) is 0 Å². The third kappa shape index (κ3) is 5.99. The SMILES string of the molecule is CN(C)CCCN(c1ccncc1)c1ccc(-c2ccc(C(=N)C(N)=O)c(Nc3cc4c(N)noc4cc3O)c2F)c(F)c1. The standard InChI is InChI=1S/C31H30F2N8O3/c1-40(2)12-3-13-41(17-8-10-37-11-9-17)18-4-5-19(23(32)14-18)20-6-7-21(28(34)31(36)43)29(27(20)33)38-24-15-22-26(16-25(24)42)44-39-30(22)35/h4-11,14-16,34,38,42H,3,12-13H2,1-2H3,(H2,35,39)(H2,36,43). The van der Waals surface area contributed by atoms with Gasteiger partial charge in [-0.2, -0.15) is 0 Å². The second kappa shape index (κ2) is 12.4. The average molecular weight is 601 g/mol. The maximum absolute atomic E-state index is 16.3. The summed E-state index contributed by atoms with van der Waals surface area (Å²) in [7, 11) is 3.95. The molecule has 0 unspecified atom stereocenters. The Hall–Kier alpha value is -5.56. The van der Waals surface area contributed by atoms with Crippen molar-refractivity contribution in [1.82, 2.24) is 15.0 Å². The lowest BCUT2D eigenvalue weighted by Gasteiger charge is -2.26. The van der Waals surface area contributed by atoms with E-state index >= 15 is 8.78 Å². The molecule has 226 valence electrons. The van der Waals surface area contributed by atoms with Gasteiger partial charge in [-0.25, -0.2) is 8.78 Å². The van der Waals surface area contributed by atoms with E-state index in [1.54, 1.807) is 18.5 Å². The lowest BCUT2D eigenvalue weighted by molar-refractivity contribution is -0.112. The van der Waals surface area contributed by atoms with Crippen LogP contribution in [-0.4, -0.2) is 59.0 Å². The topological polar surface area (TPSA) is 171 Å². The van der Waals surface area contributed by atoms with Crippen molar-refractivity contribution in [2.24, 2.45) is 5.73 Å². The Morgan fingerprint density at radius 3 is 2.43 bits per heavy atom. The molecule has 0 bridgehead atoms. The Kier molecular flexibility index (Phi) is 8.40. The predicted octanol–water partition coefficient (Wildman–Crippen LogP) is 5.14. The second-order valence-electron chi connectivity index (χ2n) is 10.3. The van der Waals surface area contributed by atoms with Crippen LogP contribution in [0.25, 0.3) is 22.1 Å². The Balaban J connectivity index is 1.57. The van der Waals surface area contributed by atoms with E-state index in [9.17, 15) is 9.90 Å². The number of primary amides is 1. The first-order valence-electron chi connectivity index (χ1n) is 13.5. The molecule has 0 radical (unpaired) electrons. The molecule has 44 heavy (non-hydrogen) atoms. The number of anilines is 5. The molecule has 7 N–H and O–H groups in total. The molecule has 5 rings (SSSR count). The maximum Gasteiger partial charge on any atom is 0.267 e. The van der Waals surface area contributed by atoms with Crippen LogP contribution < -0.4 is 21.7 Å². The summed E-state index contributed by atoms with van der Waals surface area (Å²) in [5, 5.41) is 25.4. The lowest BCUT2D eigenvalue weighted by Crippen LogP contribution is -2.24. The van der Waals surface area contributed by atoms with Gasteiger partial charge in [0, 0.05) is 53.1 Å². The highest BCUT2D eigenvalue weighted by molar-refractivity contribution is 6.44. The van der Waals surface area contributed by atoms with Gasteiger partial charge in [0.1, 0.15) is 17.3 Å². The number of aromatic nitrogens is 2. The molecule has 0 aliphatic rings. The van der Waals surface area contributed by atoms with Gasteiger partial charge in [-0.1, -0.05) is 11.2 Å². The fourth-order valence-corrected chi connectivity index (χ4v) is 4.84. The van der Waals surface area contributed by atoms with E-state index in [-0.39, 0.29) is 45.2 Å². The molecular formula is C31H30F2N8O3. The van der Waals surface area contributed by atoms with Gasteiger partial charge < -0.3 is 36.2 Å². The smallest absolute Gasteiger partial charge is 0.267 e. The highest BCUT2D eigenvalue weighted by Gasteiger charge is 2.24. The van der Waals surface area contributed by atoms with Crippen molar-refractivity contribution in [3.63, 3.8) is 0 Å². The van der Waals surface area contributed by atoms with Gasteiger partial charge in [-0.05, 0) is 69.5 Å². The Morgan fingerprint density at radius 2 is 1.75 bits per heavy atom. The van der Waals surface area contributed by atoms with Crippen LogP contribution in [0.1, 0.15) is 12.0 Å². The molecule has 0 saturated carbocycles. The molecule has 0 atom stereocenters. The van der Waals surface area contributed by atoms with Crippen LogP contribution in [0.3, 0.4) is 0 Å². The second-order valence-corrected chi connectivity index (χ2v) is 10.3. The summed E-state index contributed by atoms with van der Waals surface area (Å²) < 4.78 is 37.2. The lowest BCUT2D eigenvalue weighted by atomic mass is 9.97. The van der Waals surface area contributed by atoms with E-state index in [2.05, 4.69) is 20.4 Å². The van der Waals surface area contributed by atoms with E-state index in [1.165, 1.54) is 36.4 Å². The molecule has 0 aliphatic heterocycles. The van der Waals surface area contributed by atoms with Crippen molar-refractivity contribution in [3.8, 4) is 16.9 Å². The minimum absolute atomic E-state index is 0.0245. The Labute approximate surface area is 251 Å². The fourth-order valence-electron chi connectivity index (χ4n) is 4.84. The van der Waals surface area contributed by atoms with Crippen molar-refractivity contribution >= 4 is 51.2 Å². The summed E-state index contributed by atoms with van der Waals surface area (Å²) in [4.78, 5) is 20.0. The number of nitrogen functional groups attached to an aromatic ring is 1. The summed E-state index contributed by atoms with van der Waals surface area (Å²) >= 11 is 0. The van der Waals surface area contributed by atoms with Crippen LogP contribution in [0.5, 0.6) is 5.75 Å². The number of phenolic OH excluding ortho intramolecular Hbond substituents is 1. The molecule has 3 aromatic carbocycles. The molecule has 2 heterocycles. The molecule has 1 amide bonds. The minimum Gasteiger partial charge on any atom is -0.506 e. The minimum atomic E-state index is -1.11. The number of fused-ring (bicyclic) bond motifs is 1. The van der Waals surface area contributed by atoms with Gasteiger partial charge in [-0.3, -0.25) is 15.2 Å². The number of aromatic hydroxyl groups is 1. The third-order valence-electron chi connectivity index (χ3n) is 7.05. The van der Waals surface area contributed by atoms with E-state index in [1.807, 2.05) is 31.1 Å². The molecule has 0 spiro atoms. The molecule has 13 heteroatoms. The number of nitrogens with two attached hydrogens (primary N) is 2. The molecule has 0 saturated heterocycles. The van der Waals surface area contributed by atoms with Crippen LogP contribution in [0.2, 0.25) is 0 Å². The third-order valence-corrected chi connectivity index (χ3v) is 7.05. The molecular weight excluding hydrogens is 570 g/mol. The number of pyridine rings is 1. The van der Waals surface area contributed by atoms with Gasteiger partial charge in [0.15, 0.2) is 17.2 Å².